The molecule has 3 heteroatoms. The SMILES string of the molecule is CNCCN(C)C(C)=N. The zero-order chi connectivity index (χ0) is 7.28. The quantitative estimate of drug-likeness (QED) is 0.420. The fraction of sp³-hybridized carbons (Fsp3) is 0.833. The molecular weight excluding hydrogens is 114 g/mol. The van der Waals surface area contributed by atoms with Crippen LogP contribution in [0, 0.1) is 5.41 Å². The van der Waals surface area contributed by atoms with Gasteiger partial charge in [-0.05, 0) is 14.0 Å². The summed E-state index contributed by atoms with van der Waals surface area (Å²) >= 11 is 0. The third-order valence-corrected chi connectivity index (χ3v) is 1.27. The highest BCUT2D eigenvalue weighted by molar-refractivity contribution is 5.75. The van der Waals surface area contributed by atoms with E-state index in [4.69, 9.17) is 5.41 Å². The van der Waals surface area contributed by atoms with Crippen molar-refractivity contribution < 1.29 is 0 Å². The summed E-state index contributed by atoms with van der Waals surface area (Å²) in [6, 6.07) is 0. The Labute approximate surface area is 56.6 Å². The Morgan fingerprint density at radius 2 is 2.22 bits per heavy atom. The van der Waals surface area contributed by atoms with Crippen LogP contribution in [0.1, 0.15) is 6.92 Å². The number of hydrogen-bond acceptors (Lipinski definition) is 2. The van der Waals surface area contributed by atoms with Crippen molar-refractivity contribution in [2.45, 2.75) is 6.92 Å². The molecule has 0 rings (SSSR count). The average Bonchev–Trinajstić information content (AvgIpc) is 1.82. The average molecular weight is 129 g/mol. The molecule has 0 atom stereocenters. The first kappa shape index (κ1) is 8.43. The number of hydrogen-bond donors (Lipinski definition) is 2. The summed E-state index contributed by atoms with van der Waals surface area (Å²) in [6.45, 7) is 3.63. The summed E-state index contributed by atoms with van der Waals surface area (Å²) in [7, 11) is 3.83. The number of likely N-dealkylation sites (N-methyl/N-ethyl adjacent to an activating group) is 2. The summed E-state index contributed by atoms with van der Waals surface area (Å²) in [5.74, 6) is 0.616. The van der Waals surface area contributed by atoms with Crippen molar-refractivity contribution in [2.75, 3.05) is 27.2 Å². The molecule has 0 amide bonds. The molecular formula is C6H15N3. The van der Waals surface area contributed by atoms with Gasteiger partial charge in [-0.25, -0.2) is 0 Å². The predicted octanol–water partition coefficient (Wildman–Crippen LogP) is 0.135. The third kappa shape index (κ3) is 3.97. The van der Waals surface area contributed by atoms with Crippen LogP contribution in [-0.4, -0.2) is 37.9 Å². The maximum Gasteiger partial charge on any atom is 0.0923 e. The first-order valence-corrected chi connectivity index (χ1v) is 3.09. The standard InChI is InChI=1S/C6H15N3/c1-6(7)9(3)5-4-8-2/h7-8H,4-5H2,1-3H3. The highest BCUT2D eigenvalue weighted by Gasteiger charge is 1.94. The molecule has 0 saturated carbocycles. The van der Waals surface area contributed by atoms with Gasteiger partial charge in [-0.1, -0.05) is 0 Å². The minimum absolute atomic E-state index is 0.616. The topological polar surface area (TPSA) is 39.1 Å². The van der Waals surface area contributed by atoms with Crippen LogP contribution in [0.5, 0.6) is 0 Å². The van der Waals surface area contributed by atoms with E-state index in [1.54, 1.807) is 6.92 Å². The lowest BCUT2D eigenvalue weighted by atomic mass is 10.5. The molecule has 9 heavy (non-hydrogen) atoms. The molecule has 0 heterocycles. The van der Waals surface area contributed by atoms with Crippen LogP contribution in [0.25, 0.3) is 0 Å². The summed E-state index contributed by atoms with van der Waals surface area (Å²) in [5.41, 5.74) is 0. The van der Waals surface area contributed by atoms with E-state index in [1.165, 1.54) is 0 Å². The largest absolute Gasteiger partial charge is 0.363 e. The molecule has 0 unspecified atom stereocenters. The van der Waals surface area contributed by atoms with Crippen LogP contribution in [0.15, 0.2) is 0 Å². The molecule has 2 N–H and O–H groups in total. The van der Waals surface area contributed by atoms with Gasteiger partial charge in [-0.15, -0.1) is 0 Å². The van der Waals surface area contributed by atoms with E-state index >= 15 is 0 Å². The maximum absolute atomic E-state index is 7.18. The summed E-state index contributed by atoms with van der Waals surface area (Å²) in [5, 5.41) is 10.2. The van der Waals surface area contributed by atoms with Crippen LogP contribution < -0.4 is 5.32 Å². The predicted molar refractivity (Wildman–Crippen MR) is 40.0 cm³/mol. The van der Waals surface area contributed by atoms with E-state index in [0.29, 0.717) is 5.84 Å². The second-order valence-electron chi connectivity index (χ2n) is 2.11. The highest BCUT2D eigenvalue weighted by Crippen LogP contribution is 1.80. The van der Waals surface area contributed by atoms with Crippen LogP contribution in [0.3, 0.4) is 0 Å². The lowest BCUT2D eigenvalue weighted by molar-refractivity contribution is 0.489. The zero-order valence-electron chi connectivity index (χ0n) is 6.36. The molecule has 0 radical (unpaired) electrons. The van der Waals surface area contributed by atoms with E-state index < -0.39 is 0 Å². The highest BCUT2D eigenvalue weighted by atomic mass is 15.1. The van der Waals surface area contributed by atoms with Gasteiger partial charge in [-0.3, -0.25) is 5.41 Å². The fourth-order valence-electron chi connectivity index (χ4n) is 0.447. The normalized spacial score (nSPS) is 9.22. The van der Waals surface area contributed by atoms with Gasteiger partial charge in [0, 0.05) is 20.1 Å². The second kappa shape index (κ2) is 4.32. The van der Waals surface area contributed by atoms with Crippen molar-refractivity contribution >= 4 is 5.84 Å². The Bertz CT molecular complexity index is 90.3. The van der Waals surface area contributed by atoms with Gasteiger partial charge in [0.15, 0.2) is 0 Å². The molecule has 0 aliphatic rings. The number of amidine groups is 1. The molecule has 3 nitrogen and oxygen atoms in total. The third-order valence-electron chi connectivity index (χ3n) is 1.27. The molecule has 0 aliphatic heterocycles. The van der Waals surface area contributed by atoms with Crippen molar-refractivity contribution in [2.24, 2.45) is 0 Å². The minimum Gasteiger partial charge on any atom is -0.363 e. The Kier molecular flexibility index (Phi) is 4.05. The molecule has 0 saturated heterocycles. The minimum atomic E-state index is 0.616. The van der Waals surface area contributed by atoms with Crippen molar-refractivity contribution in [1.29, 1.82) is 5.41 Å². The van der Waals surface area contributed by atoms with Gasteiger partial charge >= 0.3 is 0 Å². The molecule has 0 aliphatic carbocycles. The smallest absolute Gasteiger partial charge is 0.0923 e. The number of rotatable bonds is 3. The Morgan fingerprint density at radius 3 is 2.56 bits per heavy atom. The van der Waals surface area contributed by atoms with Gasteiger partial charge in [0.2, 0.25) is 0 Å². The van der Waals surface area contributed by atoms with Crippen molar-refractivity contribution in [3.63, 3.8) is 0 Å². The maximum atomic E-state index is 7.18. The van der Waals surface area contributed by atoms with Crippen LogP contribution in [0.2, 0.25) is 0 Å². The van der Waals surface area contributed by atoms with Crippen molar-refractivity contribution in [3.8, 4) is 0 Å². The van der Waals surface area contributed by atoms with E-state index in [1.807, 2.05) is 19.0 Å². The fourth-order valence-corrected chi connectivity index (χ4v) is 0.447. The lowest BCUT2D eigenvalue weighted by Crippen LogP contribution is -2.30. The van der Waals surface area contributed by atoms with E-state index in [2.05, 4.69) is 5.32 Å². The molecule has 0 aromatic rings. The van der Waals surface area contributed by atoms with Crippen molar-refractivity contribution in [3.05, 3.63) is 0 Å². The monoisotopic (exact) mass is 129 g/mol. The molecule has 0 spiro atoms. The second-order valence-corrected chi connectivity index (χ2v) is 2.11. The molecule has 0 bridgehead atoms. The van der Waals surface area contributed by atoms with Crippen LogP contribution in [-0.2, 0) is 0 Å². The Morgan fingerprint density at radius 1 is 1.67 bits per heavy atom. The van der Waals surface area contributed by atoms with Crippen molar-refractivity contribution in [1.82, 2.24) is 10.2 Å². The first-order chi connectivity index (χ1) is 4.18. The van der Waals surface area contributed by atoms with Gasteiger partial charge in [0.25, 0.3) is 0 Å². The number of nitrogens with zero attached hydrogens (tertiary/aromatic N) is 1. The van der Waals surface area contributed by atoms with Gasteiger partial charge in [0.1, 0.15) is 0 Å². The number of nitrogens with one attached hydrogen (secondary N) is 2. The summed E-state index contributed by atoms with van der Waals surface area (Å²) in [4.78, 5) is 1.90. The summed E-state index contributed by atoms with van der Waals surface area (Å²) < 4.78 is 0. The summed E-state index contributed by atoms with van der Waals surface area (Å²) in [6.07, 6.45) is 0. The molecule has 0 fully saturated rings. The van der Waals surface area contributed by atoms with Crippen LogP contribution in [0.4, 0.5) is 0 Å². The van der Waals surface area contributed by atoms with Crippen LogP contribution >= 0.6 is 0 Å². The van der Waals surface area contributed by atoms with Gasteiger partial charge in [-0.2, -0.15) is 0 Å². The van der Waals surface area contributed by atoms with E-state index in [9.17, 15) is 0 Å². The van der Waals surface area contributed by atoms with Gasteiger partial charge < -0.3 is 10.2 Å². The first-order valence-electron chi connectivity index (χ1n) is 3.09. The Balaban J connectivity index is 3.27. The Hall–Kier alpha value is -0.570. The van der Waals surface area contributed by atoms with E-state index in [-0.39, 0.29) is 0 Å². The van der Waals surface area contributed by atoms with E-state index in [0.717, 1.165) is 13.1 Å². The molecule has 0 aromatic carbocycles. The lowest BCUT2D eigenvalue weighted by Gasteiger charge is -2.15. The van der Waals surface area contributed by atoms with Gasteiger partial charge in [0.05, 0.1) is 5.84 Å². The zero-order valence-corrected chi connectivity index (χ0v) is 6.36. The molecule has 0 aromatic heterocycles. The molecule has 54 valence electrons.